The first-order valence-corrected chi connectivity index (χ1v) is 12.0. The standard InChI is InChI=1S/C24H30FIN4O4/c1-22(2,3)33-18(31)11-14-8-9-16(25)15(10-14)24(7)13-30-17(26)12-27-20(30)19(29-24)28-21(32)34-23(4,5)6/h8-10,12H,11,13H2,1-7H3,(H,28,29,32). The number of rotatable bonds is 3. The third-order valence-electron chi connectivity index (χ3n) is 4.84. The average molecular weight is 584 g/mol. The normalized spacial score (nSPS) is 18.1. The molecular formula is C24H30FIN4O4. The summed E-state index contributed by atoms with van der Waals surface area (Å²) in [4.78, 5) is 33.9. The maximum absolute atomic E-state index is 15.1. The van der Waals surface area contributed by atoms with Crippen molar-refractivity contribution in [2.24, 2.45) is 4.99 Å². The molecule has 1 atom stereocenters. The fourth-order valence-electron chi connectivity index (χ4n) is 3.60. The van der Waals surface area contributed by atoms with E-state index >= 15 is 4.39 Å². The van der Waals surface area contributed by atoms with E-state index in [1.165, 1.54) is 6.07 Å². The molecule has 0 radical (unpaired) electrons. The Morgan fingerprint density at radius 3 is 2.44 bits per heavy atom. The molecule has 1 aliphatic rings. The largest absolute Gasteiger partial charge is 0.460 e. The highest BCUT2D eigenvalue weighted by Crippen LogP contribution is 2.35. The number of aromatic nitrogens is 2. The van der Waals surface area contributed by atoms with Crippen LogP contribution in [0.4, 0.5) is 9.18 Å². The summed E-state index contributed by atoms with van der Waals surface area (Å²) in [6, 6.07) is 4.51. The predicted molar refractivity (Wildman–Crippen MR) is 134 cm³/mol. The van der Waals surface area contributed by atoms with Crippen LogP contribution >= 0.6 is 22.6 Å². The van der Waals surface area contributed by atoms with Crippen molar-refractivity contribution < 1.29 is 23.5 Å². The number of alkyl carbamates (subject to hydrolysis) is 1. The number of amidine groups is 1. The Balaban J connectivity index is 1.98. The predicted octanol–water partition coefficient (Wildman–Crippen LogP) is 4.71. The van der Waals surface area contributed by atoms with Gasteiger partial charge in [-0.1, -0.05) is 6.07 Å². The molecule has 1 N–H and O–H groups in total. The number of esters is 1. The number of hydrogen-bond donors (Lipinski definition) is 1. The first-order chi connectivity index (χ1) is 15.6. The van der Waals surface area contributed by atoms with Gasteiger partial charge in [-0.05, 0) is 88.8 Å². The van der Waals surface area contributed by atoms with Crippen LogP contribution in [0, 0.1) is 9.52 Å². The first kappa shape index (κ1) is 26.1. The van der Waals surface area contributed by atoms with E-state index in [1.54, 1.807) is 66.8 Å². The van der Waals surface area contributed by atoms with Crippen molar-refractivity contribution in [1.29, 1.82) is 0 Å². The van der Waals surface area contributed by atoms with E-state index in [-0.39, 0.29) is 12.3 Å². The van der Waals surface area contributed by atoms with E-state index in [1.807, 2.05) is 4.57 Å². The molecule has 0 bridgehead atoms. The van der Waals surface area contributed by atoms with Crippen molar-refractivity contribution in [3.05, 3.63) is 50.9 Å². The second kappa shape index (κ2) is 9.27. The summed E-state index contributed by atoms with van der Waals surface area (Å²) < 4.78 is 28.5. The van der Waals surface area contributed by atoms with E-state index in [0.29, 0.717) is 23.5 Å². The smallest absolute Gasteiger partial charge is 0.413 e. The zero-order valence-electron chi connectivity index (χ0n) is 20.5. The highest BCUT2D eigenvalue weighted by atomic mass is 127. The summed E-state index contributed by atoms with van der Waals surface area (Å²) >= 11 is 2.13. The summed E-state index contributed by atoms with van der Waals surface area (Å²) in [5, 5.41) is 2.67. The van der Waals surface area contributed by atoms with E-state index in [2.05, 4.69) is 32.9 Å². The number of hydrogen-bond acceptors (Lipinski definition) is 6. The van der Waals surface area contributed by atoms with Crippen molar-refractivity contribution in [3.8, 4) is 0 Å². The number of benzene rings is 1. The van der Waals surface area contributed by atoms with Crippen LogP contribution < -0.4 is 5.32 Å². The minimum absolute atomic E-state index is 0.00121. The van der Waals surface area contributed by atoms with Gasteiger partial charge in [0.05, 0.1) is 19.2 Å². The lowest BCUT2D eigenvalue weighted by atomic mass is 9.89. The molecule has 0 spiro atoms. The molecule has 8 nitrogen and oxygen atoms in total. The van der Waals surface area contributed by atoms with Gasteiger partial charge in [-0.3, -0.25) is 15.1 Å². The SMILES string of the molecule is CC(C)(C)OC(=O)Cc1ccc(F)c(C2(C)Cn3c(I)cnc3C(NC(=O)OC(C)(C)C)=N2)c1. The fourth-order valence-corrected chi connectivity index (χ4v) is 4.14. The van der Waals surface area contributed by atoms with Gasteiger partial charge in [0.15, 0.2) is 11.7 Å². The van der Waals surface area contributed by atoms with E-state index < -0.39 is 34.6 Å². The fraction of sp³-hybridized carbons (Fsp3) is 0.500. The zero-order valence-corrected chi connectivity index (χ0v) is 22.6. The van der Waals surface area contributed by atoms with Gasteiger partial charge in [-0.2, -0.15) is 0 Å². The van der Waals surface area contributed by atoms with Crippen LogP contribution in [0.3, 0.4) is 0 Å². The zero-order chi connectivity index (χ0) is 25.5. The van der Waals surface area contributed by atoms with Gasteiger partial charge in [0, 0.05) is 5.56 Å². The maximum Gasteiger partial charge on any atom is 0.413 e. The molecule has 2 heterocycles. The van der Waals surface area contributed by atoms with Crippen molar-refractivity contribution in [2.45, 2.75) is 78.2 Å². The molecule has 1 unspecified atom stereocenters. The summed E-state index contributed by atoms with van der Waals surface area (Å²) in [7, 11) is 0. The van der Waals surface area contributed by atoms with Crippen molar-refractivity contribution in [3.63, 3.8) is 0 Å². The lowest BCUT2D eigenvalue weighted by Gasteiger charge is -2.33. The van der Waals surface area contributed by atoms with E-state index in [0.717, 1.165) is 3.70 Å². The highest BCUT2D eigenvalue weighted by Gasteiger charge is 2.37. The molecule has 0 saturated carbocycles. The molecule has 1 amide bonds. The summed E-state index contributed by atoms with van der Waals surface area (Å²) in [5.41, 5.74) is -1.49. The van der Waals surface area contributed by atoms with Gasteiger partial charge in [0.25, 0.3) is 0 Å². The minimum atomic E-state index is -1.08. The maximum atomic E-state index is 15.1. The summed E-state index contributed by atoms with van der Waals surface area (Å²) in [6.07, 6.45) is 0.976. The highest BCUT2D eigenvalue weighted by molar-refractivity contribution is 14.1. The lowest BCUT2D eigenvalue weighted by molar-refractivity contribution is -0.153. The van der Waals surface area contributed by atoms with Gasteiger partial charge in [-0.25, -0.2) is 14.2 Å². The van der Waals surface area contributed by atoms with Gasteiger partial charge in [0.1, 0.15) is 26.3 Å². The Labute approximate surface area is 212 Å². The van der Waals surface area contributed by atoms with Gasteiger partial charge < -0.3 is 14.0 Å². The second-order valence-corrected chi connectivity index (χ2v) is 11.5. The molecule has 0 saturated heterocycles. The average Bonchev–Trinajstić information content (AvgIpc) is 3.01. The molecule has 1 aromatic heterocycles. The van der Waals surface area contributed by atoms with Crippen molar-refractivity contribution >= 4 is 40.5 Å². The molecule has 1 aromatic carbocycles. The number of halogens is 2. The van der Waals surface area contributed by atoms with E-state index in [9.17, 15) is 9.59 Å². The van der Waals surface area contributed by atoms with Crippen LogP contribution in [-0.4, -0.2) is 38.7 Å². The van der Waals surface area contributed by atoms with Crippen LogP contribution in [-0.2, 0) is 32.8 Å². The number of carbonyl (C=O) groups is 2. The Hall–Kier alpha value is -2.50. The number of fused-ring (bicyclic) bond motifs is 1. The molecule has 10 heteroatoms. The van der Waals surface area contributed by atoms with E-state index in [4.69, 9.17) is 14.5 Å². The molecule has 0 fully saturated rings. The Kier molecular flexibility index (Phi) is 7.12. The molecule has 3 rings (SSSR count). The topological polar surface area (TPSA) is 94.8 Å². The van der Waals surface area contributed by atoms with Crippen LogP contribution in [0.2, 0.25) is 0 Å². The third-order valence-corrected chi connectivity index (χ3v) is 5.70. The minimum Gasteiger partial charge on any atom is -0.460 e. The third kappa shape index (κ3) is 6.34. The molecule has 184 valence electrons. The Morgan fingerprint density at radius 1 is 1.18 bits per heavy atom. The summed E-state index contributed by atoms with van der Waals surface area (Å²) in [6.45, 7) is 12.7. The van der Waals surface area contributed by atoms with Crippen LogP contribution in [0.5, 0.6) is 0 Å². The number of aliphatic imine (C=N–C) groups is 1. The number of imidazole rings is 1. The number of amides is 1. The molecule has 0 aliphatic carbocycles. The van der Waals surface area contributed by atoms with Crippen LogP contribution in [0.15, 0.2) is 29.4 Å². The van der Waals surface area contributed by atoms with Gasteiger partial charge >= 0.3 is 12.1 Å². The molecular weight excluding hydrogens is 554 g/mol. The second-order valence-electron chi connectivity index (χ2n) is 10.4. The number of nitrogens with one attached hydrogen (secondary N) is 1. The number of nitrogens with zero attached hydrogens (tertiary/aromatic N) is 3. The Morgan fingerprint density at radius 2 is 1.82 bits per heavy atom. The molecule has 1 aliphatic heterocycles. The van der Waals surface area contributed by atoms with Gasteiger partial charge in [-0.15, -0.1) is 0 Å². The van der Waals surface area contributed by atoms with Crippen LogP contribution in [0.1, 0.15) is 65.4 Å². The molecule has 2 aromatic rings. The van der Waals surface area contributed by atoms with Crippen LogP contribution in [0.25, 0.3) is 0 Å². The number of ether oxygens (including phenoxy) is 2. The first-order valence-electron chi connectivity index (χ1n) is 10.9. The van der Waals surface area contributed by atoms with Crippen molar-refractivity contribution in [1.82, 2.24) is 14.9 Å². The number of carbonyl (C=O) groups excluding carboxylic acids is 2. The Bertz CT molecular complexity index is 1150. The lowest BCUT2D eigenvalue weighted by Crippen LogP contribution is -2.44. The van der Waals surface area contributed by atoms with Crippen molar-refractivity contribution in [2.75, 3.05) is 0 Å². The quantitative estimate of drug-likeness (QED) is 0.417. The monoisotopic (exact) mass is 584 g/mol. The summed E-state index contributed by atoms with van der Waals surface area (Å²) in [5.74, 6) is -0.226. The molecule has 34 heavy (non-hydrogen) atoms. The van der Waals surface area contributed by atoms with Gasteiger partial charge in [0.2, 0.25) is 0 Å².